The second-order valence-corrected chi connectivity index (χ2v) is 4.20. The molecule has 2 aliphatic rings. The number of terminal acetylenes is 1. The van der Waals surface area contributed by atoms with Crippen LogP contribution in [0.25, 0.3) is 0 Å². The molecule has 0 aromatic rings. The topological polar surface area (TPSA) is 28.1 Å². The van der Waals surface area contributed by atoms with Crippen LogP contribution in [0.2, 0.25) is 0 Å². The molecule has 2 heterocycles. The van der Waals surface area contributed by atoms with Crippen LogP contribution < -0.4 is 0 Å². The number of likely N-dealkylation sites (N-methyl/N-ethyl adjacent to an activating group) is 1. The number of halogens is 1. The number of rotatable bonds is 2. The van der Waals surface area contributed by atoms with Gasteiger partial charge in [0.05, 0.1) is 12.1 Å². The average molecular weight is 335 g/mol. The molecule has 0 aromatic heterocycles. The Bertz CT molecular complexity index is 307. The van der Waals surface area contributed by atoms with Gasteiger partial charge in [-0.15, -0.1) is 30.4 Å². The fourth-order valence-electron chi connectivity index (χ4n) is 2.01. The maximum Gasteiger partial charge on any atom is 0.196 e. The molecule has 4 nitrogen and oxygen atoms in total. The molecule has 0 bridgehead atoms. The molecule has 5 heteroatoms. The minimum atomic E-state index is 0. The first-order valence-electron chi connectivity index (χ1n) is 5.29. The highest BCUT2D eigenvalue weighted by Crippen LogP contribution is 2.17. The zero-order valence-corrected chi connectivity index (χ0v) is 12.0. The Morgan fingerprint density at radius 1 is 1.50 bits per heavy atom. The number of hydrogen-bond donors (Lipinski definition) is 0. The molecule has 16 heavy (non-hydrogen) atoms. The van der Waals surface area contributed by atoms with Crippen molar-refractivity contribution in [3.05, 3.63) is 0 Å². The van der Waals surface area contributed by atoms with Crippen LogP contribution in [-0.4, -0.2) is 61.2 Å². The predicted molar refractivity (Wildman–Crippen MR) is 75.1 cm³/mol. The van der Waals surface area contributed by atoms with E-state index in [1.807, 2.05) is 0 Å². The third-order valence-corrected chi connectivity index (χ3v) is 2.75. The van der Waals surface area contributed by atoms with Crippen LogP contribution in [0.15, 0.2) is 4.99 Å². The molecule has 1 fully saturated rings. The molecule has 1 atom stereocenters. The van der Waals surface area contributed by atoms with Gasteiger partial charge < -0.3 is 14.5 Å². The highest BCUT2D eigenvalue weighted by Gasteiger charge is 2.34. The van der Waals surface area contributed by atoms with Crippen molar-refractivity contribution in [1.29, 1.82) is 0 Å². The van der Waals surface area contributed by atoms with Crippen LogP contribution in [-0.2, 0) is 4.74 Å². The largest absolute Gasteiger partial charge is 0.362 e. The number of nitrogens with zero attached hydrogens (tertiary/aromatic N) is 3. The number of likely N-dealkylation sites (tertiary alicyclic amines) is 1. The lowest BCUT2D eigenvalue weighted by Crippen LogP contribution is -2.57. The van der Waals surface area contributed by atoms with Crippen molar-refractivity contribution in [1.82, 2.24) is 9.80 Å². The van der Waals surface area contributed by atoms with E-state index in [0.717, 1.165) is 25.6 Å². The summed E-state index contributed by atoms with van der Waals surface area (Å²) in [6, 6.07) is 0.413. The van der Waals surface area contributed by atoms with Crippen LogP contribution in [0.1, 0.15) is 6.92 Å². The second kappa shape index (κ2) is 5.73. The van der Waals surface area contributed by atoms with E-state index in [1.165, 1.54) is 0 Å². The Morgan fingerprint density at radius 2 is 2.19 bits per heavy atom. The van der Waals surface area contributed by atoms with Gasteiger partial charge in [-0.25, -0.2) is 4.99 Å². The Labute approximate surface area is 114 Å². The lowest BCUT2D eigenvalue weighted by atomic mass is 10.2. The molecule has 1 saturated heterocycles. The van der Waals surface area contributed by atoms with Crippen molar-refractivity contribution in [2.45, 2.75) is 19.1 Å². The summed E-state index contributed by atoms with van der Waals surface area (Å²) in [6.07, 6.45) is 5.42. The van der Waals surface area contributed by atoms with Crippen LogP contribution in [0.3, 0.4) is 0 Å². The van der Waals surface area contributed by atoms with Crippen molar-refractivity contribution in [3.63, 3.8) is 0 Å². The summed E-state index contributed by atoms with van der Waals surface area (Å²) >= 11 is 0. The summed E-state index contributed by atoms with van der Waals surface area (Å²) in [6.45, 7) is 5.39. The van der Waals surface area contributed by atoms with Gasteiger partial charge in [0.2, 0.25) is 0 Å². The van der Waals surface area contributed by atoms with Crippen molar-refractivity contribution < 1.29 is 4.74 Å². The maximum absolute atomic E-state index is 5.43. The Kier molecular flexibility index (Phi) is 4.87. The number of ether oxygens (including phenoxy) is 1. The minimum Gasteiger partial charge on any atom is -0.362 e. The van der Waals surface area contributed by atoms with Crippen LogP contribution in [0, 0.1) is 12.3 Å². The second-order valence-electron chi connectivity index (χ2n) is 4.20. The Balaban J connectivity index is 0.00000128. The minimum absolute atomic E-state index is 0. The summed E-state index contributed by atoms with van der Waals surface area (Å²) < 4.78 is 5.43. The van der Waals surface area contributed by atoms with Gasteiger partial charge in [-0.2, -0.15) is 0 Å². The summed E-state index contributed by atoms with van der Waals surface area (Å²) in [4.78, 5) is 9.02. The molecule has 0 N–H and O–H groups in total. The molecule has 0 aromatic carbocycles. The lowest BCUT2D eigenvalue weighted by molar-refractivity contribution is -0.0136. The van der Waals surface area contributed by atoms with E-state index in [0.29, 0.717) is 12.6 Å². The highest BCUT2D eigenvalue weighted by atomic mass is 127. The molecule has 0 radical (unpaired) electrons. The van der Waals surface area contributed by atoms with Gasteiger partial charge in [-0.1, -0.05) is 5.92 Å². The summed E-state index contributed by atoms with van der Waals surface area (Å²) in [5, 5.41) is 0. The monoisotopic (exact) mass is 335 g/mol. The zero-order valence-electron chi connectivity index (χ0n) is 9.72. The molecule has 2 aliphatic heterocycles. The number of guanidine groups is 1. The molecule has 0 spiro atoms. The predicted octanol–water partition coefficient (Wildman–Crippen LogP) is 0.628. The SMILES string of the molecule is C#CCOC1CN(C2=NC(C)CN2C)C1.I. The maximum atomic E-state index is 5.43. The van der Waals surface area contributed by atoms with Crippen LogP contribution in [0.5, 0.6) is 0 Å². The van der Waals surface area contributed by atoms with Gasteiger partial charge in [-0.05, 0) is 6.92 Å². The van der Waals surface area contributed by atoms with E-state index < -0.39 is 0 Å². The standard InChI is InChI=1S/C11H17N3O.HI/c1-4-5-15-10-7-14(8-10)11-12-9(2)6-13(11)3;/h1,9-10H,5-8H2,2-3H3;1H. The third-order valence-electron chi connectivity index (χ3n) is 2.75. The lowest BCUT2D eigenvalue weighted by Gasteiger charge is -2.41. The Morgan fingerprint density at radius 3 is 2.69 bits per heavy atom. The summed E-state index contributed by atoms with van der Waals surface area (Å²) in [7, 11) is 2.08. The molecule has 90 valence electrons. The fourth-order valence-corrected chi connectivity index (χ4v) is 2.01. The summed E-state index contributed by atoms with van der Waals surface area (Å²) in [5.41, 5.74) is 0. The average Bonchev–Trinajstić information content (AvgIpc) is 2.43. The van der Waals surface area contributed by atoms with Gasteiger partial charge in [0.25, 0.3) is 0 Å². The number of aliphatic imine (C=N–C) groups is 1. The third kappa shape index (κ3) is 2.80. The van der Waals surface area contributed by atoms with Gasteiger partial charge >= 0.3 is 0 Å². The zero-order chi connectivity index (χ0) is 10.8. The first-order chi connectivity index (χ1) is 7.20. The van der Waals surface area contributed by atoms with Crippen molar-refractivity contribution in [2.24, 2.45) is 4.99 Å². The van der Waals surface area contributed by atoms with E-state index in [1.54, 1.807) is 0 Å². The van der Waals surface area contributed by atoms with Gasteiger partial charge in [-0.3, -0.25) is 0 Å². The van der Waals surface area contributed by atoms with E-state index in [9.17, 15) is 0 Å². The van der Waals surface area contributed by atoms with E-state index in [-0.39, 0.29) is 30.1 Å². The van der Waals surface area contributed by atoms with Gasteiger partial charge in [0.15, 0.2) is 5.96 Å². The van der Waals surface area contributed by atoms with Gasteiger partial charge in [0, 0.05) is 26.7 Å². The van der Waals surface area contributed by atoms with E-state index in [4.69, 9.17) is 11.2 Å². The molecule has 0 saturated carbocycles. The normalized spacial score (nSPS) is 24.6. The van der Waals surface area contributed by atoms with Crippen LogP contribution in [0.4, 0.5) is 0 Å². The van der Waals surface area contributed by atoms with Gasteiger partial charge in [0.1, 0.15) is 6.61 Å². The van der Waals surface area contributed by atoms with Crippen molar-refractivity contribution >= 4 is 29.9 Å². The molecule has 2 rings (SSSR count). The molecule has 1 unspecified atom stereocenters. The highest BCUT2D eigenvalue weighted by molar-refractivity contribution is 14.0. The van der Waals surface area contributed by atoms with E-state index in [2.05, 4.69) is 34.7 Å². The number of hydrogen-bond acceptors (Lipinski definition) is 4. The quantitative estimate of drug-likeness (QED) is 0.547. The van der Waals surface area contributed by atoms with Crippen molar-refractivity contribution in [2.75, 3.05) is 33.3 Å². The fraction of sp³-hybridized carbons (Fsp3) is 0.727. The van der Waals surface area contributed by atoms with Crippen molar-refractivity contribution in [3.8, 4) is 12.3 Å². The first-order valence-corrected chi connectivity index (χ1v) is 5.29. The molecule has 0 aliphatic carbocycles. The summed E-state index contributed by atoms with van der Waals surface area (Å²) in [5.74, 6) is 3.59. The smallest absolute Gasteiger partial charge is 0.196 e. The van der Waals surface area contributed by atoms with Crippen LogP contribution >= 0.6 is 24.0 Å². The Hall–Kier alpha value is -0.480. The first kappa shape index (κ1) is 13.6. The molecule has 0 amide bonds. The van der Waals surface area contributed by atoms with E-state index >= 15 is 0 Å². The molecular weight excluding hydrogens is 317 g/mol. The molecular formula is C11H18IN3O.